The fraction of sp³-hybridized carbons (Fsp3) is 0.500. The molecule has 1 aromatic carbocycles. The monoisotopic (exact) mass is 413 g/mol. The van der Waals surface area contributed by atoms with Gasteiger partial charge in [-0.3, -0.25) is 14.4 Å². The average Bonchev–Trinajstić information content (AvgIpc) is 3.41. The first kappa shape index (κ1) is 19.2. The second-order valence-electron chi connectivity index (χ2n) is 8.38. The second kappa shape index (κ2) is 6.91. The lowest BCUT2D eigenvalue weighted by Crippen LogP contribution is -2.54. The first-order chi connectivity index (χ1) is 14.4. The molecule has 0 aromatic heterocycles. The van der Waals surface area contributed by atoms with E-state index < -0.39 is 23.3 Å². The summed E-state index contributed by atoms with van der Waals surface area (Å²) in [4.78, 5) is 44.0. The number of likely N-dealkylation sites (N-methyl/N-ethyl adjacent to an activating group) is 1. The first-order valence-electron chi connectivity index (χ1n) is 10.4. The Balaban J connectivity index is 1.27. The SMILES string of the molecule is CCN1C[C@@]23C=C[C@@H](O2)[C@@H](C(=O)N2CCN(C(=O)c4cccc(F)c4)CC2)[C@H]3C1=O. The molecule has 8 heteroatoms. The molecule has 0 N–H and O–H groups in total. The maximum absolute atomic E-state index is 13.4. The molecule has 0 aliphatic carbocycles. The normalized spacial score (nSPS) is 32.1. The van der Waals surface area contributed by atoms with E-state index in [1.165, 1.54) is 18.2 Å². The van der Waals surface area contributed by atoms with Crippen LogP contribution < -0.4 is 0 Å². The summed E-state index contributed by atoms with van der Waals surface area (Å²) in [6.45, 7) is 4.55. The molecule has 7 nitrogen and oxygen atoms in total. The molecule has 4 aliphatic heterocycles. The number of ether oxygens (including phenoxy) is 1. The molecule has 4 heterocycles. The van der Waals surface area contributed by atoms with Crippen LogP contribution in [0.1, 0.15) is 17.3 Å². The zero-order valence-corrected chi connectivity index (χ0v) is 16.8. The lowest BCUT2D eigenvalue weighted by atomic mass is 9.76. The number of benzene rings is 1. The van der Waals surface area contributed by atoms with Crippen LogP contribution in [0.2, 0.25) is 0 Å². The van der Waals surface area contributed by atoms with Crippen LogP contribution in [-0.4, -0.2) is 83.4 Å². The van der Waals surface area contributed by atoms with Crippen LogP contribution in [0.25, 0.3) is 0 Å². The van der Waals surface area contributed by atoms with Crippen LogP contribution in [0.15, 0.2) is 36.4 Å². The van der Waals surface area contributed by atoms with E-state index in [0.717, 1.165) is 0 Å². The van der Waals surface area contributed by atoms with Crippen molar-refractivity contribution >= 4 is 17.7 Å². The molecule has 3 fully saturated rings. The van der Waals surface area contributed by atoms with Gasteiger partial charge >= 0.3 is 0 Å². The van der Waals surface area contributed by atoms with Gasteiger partial charge in [-0.15, -0.1) is 0 Å². The third-order valence-electron chi connectivity index (χ3n) is 6.80. The number of carbonyl (C=O) groups excluding carboxylic acids is 3. The number of fused-ring (bicyclic) bond motifs is 1. The van der Waals surface area contributed by atoms with E-state index in [1.807, 2.05) is 19.1 Å². The van der Waals surface area contributed by atoms with Crippen molar-refractivity contribution < 1.29 is 23.5 Å². The van der Waals surface area contributed by atoms with Crippen molar-refractivity contribution in [3.05, 3.63) is 47.8 Å². The van der Waals surface area contributed by atoms with Gasteiger partial charge < -0.3 is 19.4 Å². The highest BCUT2D eigenvalue weighted by Crippen LogP contribution is 2.52. The highest BCUT2D eigenvalue weighted by molar-refractivity contribution is 5.95. The summed E-state index contributed by atoms with van der Waals surface area (Å²) in [7, 11) is 0. The predicted molar refractivity (Wildman–Crippen MR) is 105 cm³/mol. The molecular formula is C22H24FN3O4. The summed E-state index contributed by atoms with van der Waals surface area (Å²) >= 11 is 0. The predicted octanol–water partition coefficient (Wildman–Crippen LogP) is 0.912. The molecule has 0 saturated carbocycles. The Hall–Kier alpha value is -2.74. The maximum atomic E-state index is 13.4. The van der Waals surface area contributed by atoms with Gasteiger partial charge in [-0.05, 0) is 25.1 Å². The molecular weight excluding hydrogens is 389 g/mol. The van der Waals surface area contributed by atoms with Crippen LogP contribution in [-0.2, 0) is 14.3 Å². The summed E-state index contributed by atoms with van der Waals surface area (Å²) in [6.07, 6.45) is 3.50. The Morgan fingerprint density at radius 1 is 1.20 bits per heavy atom. The third kappa shape index (κ3) is 2.77. The van der Waals surface area contributed by atoms with E-state index in [0.29, 0.717) is 44.8 Å². The lowest BCUT2D eigenvalue weighted by Gasteiger charge is -2.37. The highest BCUT2D eigenvalue weighted by Gasteiger charge is 2.67. The van der Waals surface area contributed by atoms with Crippen LogP contribution in [0.3, 0.4) is 0 Å². The second-order valence-corrected chi connectivity index (χ2v) is 8.38. The van der Waals surface area contributed by atoms with Gasteiger partial charge in [-0.1, -0.05) is 18.2 Å². The van der Waals surface area contributed by atoms with Crippen molar-refractivity contribution in [3.63, 3.8) is 0 Å². The fourth-order valence-electron chi connectivity index (χ4n) is 5.27. The Bertz CT molecular complexity index is 942. The topological polar surface area (TPSA) is 70.2 Å². The molecule has 0 unspecified atom stereocenters. The number of carbonyl (C=O) groups is 3. The van der Waals surface area contributed by atoms with Gasteiger partial charge in [-0.25, -0.2) is 4.39 Å². The van der Waals surface area contributed by atoms with Gasteiger partial charge in [0.05, 0.1) is 24.5 Å². The minimum atomic E-state index is -0.673. The number of hydrogen-bond donors (Lipinski definition) is 0. The zero-order chi connectivity index (χ0) is 21.0. The van der Waals surface area contributed by atoms with Gasteiger partial charge in [0.1, 0.15) is 11.4 Å². The number of piperazine rings is 1. The molecule has 3 saturated heterocycles. The molecule has 0 radical (unpaired) electrons. The number of rotatable bonds is 3. The lowest BCUT2D eigenvalue weighted by molar-refractivity contribution is -0.144. The maximum Gasteiger partial charge on any atom is 0.254 e. The number of halogens is 1. The fourth-order valence-corrected chi connectivity index (χ4v) is 5.27. The molecule has 1 aromatic rings. The number of hydrogen-bond acceptors (Lipinski definition) is 4. The first-order valence-corrected chi connectivity index (χ1v) is 10.4. The van der Waals surface area contributed by atoms with E-state index in [2.05, 4.69) is 0 Å². The molecule has 158 valence electrons. The number of amides is 3. The minimum Gasteiger partial charge on any atom is -0.360 e. The van der Waals surface area contributed by atoms with Gasteiger partial charge in [-0.2, -0.15) is 0 Å². The highest BCUT2D eigenvalue weighted by atomic mass is 19.1. The average molecular weight is 413 g/mol. The van der Waals surface area contributed by atoms with Crippen LogP contribution in [0.5, 0.6) is 0 Å². The number of likely N-dealkylation sites (tertiary alicyclic amines) is 1. The molecule has 5 rings (SSSR count). The minimum absolute atomic E-state index is 0.0115. The van der Waals surface area contributed by atoms with Gasteiger partial charge in [0.15, 0.2) is 0 Å². The Morgan fingerprint density at radius 2 is 1.93 bits per heavy atom. The molecule has 4 aliphatic rings. The molecule has 4 atom stereocenters. The molecule has 3 amide bonds. The molecule has 2 bridgehead atoms. The van der Waals surface area contributed by atoms with Crippen molar-refractivity contribution in [2.75, 3.05) is 39.3 Å². The summed E-state index contributed by atoms with van der Waals surface area (Å²) < 4.78 is 19.5. The van der Waals surface area contributed by atoms with Crippen molar-refractivity contribution in [1.29, 1.82) is 0 Å². The standard InChI is InChI=1S/C22H24FN3O4/c1-2-24-13-22-7-6-16(30-22)17(18(22)21(24)29)20(28)26-10-8-25(9-11-26)19(27)14-4-3-5-15(23)12-14/h3-7,12,16-18H,2,8-11,13H2,1H3/t16-,17-,18+,22-/m1/s1. The van der Waals surface area contributed by atoms with Crippen molar-refractivity contribution in [2.45, 2.75) is 18.6 Å². The molecule has 30 heavy (non-hydrogen) atoms. The van der Waals surface area contributed by atoms with Crippen molar-refractivity contribution in [2.24, 2.45) is 11.8 Å². The third-order valence-corrected chi connectivity index (χ3v) is 6.80. The van der Waals surface area contributed by atoms with Crippen molar-refractivity contribution in [3.8, 4) is 0 Å². The Labute approximate surface area is 174 Å². The quantitative estimate of drug-likeness (QED) is 0.691. The Kier molecular flexibility index (Phi) is 4.43. The van der Waals surface area contributed by atoms with Crippen LogP contribution >= 0.6 is 0 Å². The largest absolute Gasteiger partial charge is 0.360 e. The van der Waals surface area contributed by atoms with Crippen molar-refractivity contribution in [1.82, 2.24) is 14.7 Å². The van der Waals surface area contributed by atoms with Crippen LogP contribution in [0.4, 0.5) is 4.39 Å². The number of nitrogens with zero attached hydrogens (tertiary/aromatic N) is 3. The Morgan fingerprint density at radius 3 is 2.63 bits per heavy atom. The van der Waals surface area contributed by atoms with E-state index in [9.17, 15) is 18.8 Å². The summed E-state index contributed by atoms with van der Waals surface area (Å²) in [5, 5.41) is 0. The van der Waals surface area contributed by atoms with E-state index in [4.69, 9.17) is 4.74 Å². The summed E-state index contributed by atoms with van der Waals surface area (Å²) in [6, 6.07) is 5.63. The van der Waals surface area contributed by atoms with E-state index in [-0.39, 0.29) is 23.8 Å². The smallest absolute Gasteiger partial charge is 0.254 e. The molecule has 1 spiro atoms. The van der Waals surface area contributed by atoms with Gasteiger partial charge in [0.2, 0.25) is 11.8 Å². The van der Waals surface area contributed by atoms with Crippen LogP contribution in [0, 0.1) is 17.7 Å². The summed E-state index contributed by atoms with van der Waals surface area (Å²) in [5.74, 6) is -1.76. The van der Waals surface area contributed by atoms with E-state index >= 15 is 0 Å². The van der Waals surface area contributed by atoms with Gasteiger partial charge in [0.25, 0.3) is 5.91 Å². The van der Waals surface area contributed by atoms with E-state index in [1.54, 1.807) is 20.8 Å². The van der Waals surface area contributed by atoms with Gasteiger partial charge in [0, 0.05) is 38.3 Å². The zero-order valence-electron chi connectivity index (χ0n) is 16.8. The summed E-state index contributed by atoms with van der Waals surface area (Å²) in [5.41, 5.74) is -0.368.